The lowest BCUT2D eigenvalue weighted by molar-refractivity contribution is -0.125. The quantitative estimate of drug-likeness (QED) is 0.692. The molecule has 8 heteroatoms. The molecule has 0 unspecified atom stereocenters. The lowest BCUT2D eigenvalue weighted by atomic mass is 10.2. The van der Waals surface area contributed by atoms with E-state index in [2.05, 4.69) is 10.6 Å². The van der Waals surface area contributed by atoms with E-state index >= 15 is 0 Å². The highest BCUT2D eigenvalue weighted by atomic mass is 19.1. The molecule has 4 N–H and O–H groups in total. The maximum absolute atomic E-state index is 14.1. The zero-order chi connectivity index (χ0) is 16.1. The Labute approximate surface area is 127 Å². The number of nitrogens with two attached hydrogens (primary N) is 1. The summed E-state index contributed by atoms with van der Waals surface area (Å²) in [6, 6.07) is 3.63. The van der Waals surface area contributed by atoms with Crippen molar-refractivity contribution in [2.45, 2.75) is 6.04 Å². The van der Waals surface area contributed by atoms with Crippen molar-refractivity contribution >= 4 is 23.2 Å². The van der Waals surface area contributed by atoms with Gasteiger partial charge in [0.15, 0.2) is 0 Å². The Morgan fingerprint density at radius 1 is 1.55 bits per heavy atom. The van der Waals surface area contributed by atoms with Crippen LogP contribution in [-0.2, 0) is 14.3 Å². The molecule has 0 aliphatic carbocycles. The van der Waals surface area contributed by atoms with Crippen LogP contribution in [0.1, 0.15) is 0 Å². The standard InChI is InChI=1S/C14H19FN4O3/c1-17-12(7-16)14(21)18-11-3-2-9(6-10(11)15)19-4-5-22-8-13(19)20/h2-3,6,12,17H,4-5,7-8,16H2,1H3,(H,18,21)/t12-/m1/s1. The molecule has 22 heavy (non-hydrogen) atoms. The second-order valence-corrected chi connectivity index (χ2v) is 4.83. The SMILES string of the molecule is CN[C@H](CN)C(=O)Nc1ccc(N2CCOCC2=O)cc1F. The molecular weight excluding hydrogens is 291 g/mol. The van der Waals surface area contributed by atoms with Gasteiger partial charge in [-0.2, -0.15) is 0 Å². The average Bonchev–Trinajstić information content (AvgIpc) is 2.51. The minimum absolute atomic E-state index is 0.0134. The molecule has 1 aliphatic heterocycles. The monoisotopic (exact) mass is 310 g/mol. The maximum Gasteiger partial charge on any atom is 0.253 e. The van der Waals surface area contributed by atoms with Gasteiger partial charge in [-0.25, -0.2) is 4.39 Å². The molecule has 120 valence electrons. The Kier molecular flexibility index (Phi) is 5.42. The summed E-state index contributed by atoms with van der Waals surface area (Å²) >= 11 is 0. The number of morpholine rings is 1. The normalized spacial score (nSPS) is 16.5. The number of hydrogen-bond donors (Lipinski definition) is 3. The molecule has 7 nitrogen and oxygen atoms in total. The van der Waals surface area contributed by atoms with Crippen LogP contribution in [0.2, 0.25) is 0 Å². The number of rotatable bonds is 5. The average molecular weight is 310 g/mol. The smallest absolute Gasteiger partial charge is 0.253 e. The number of hydrogen-bond acceptors (Lipinski definition) is 5. The summed E-state index contributed by atoms with van der Waals surface area (Å²) in [7, 11) is 1.60. The molecule has 1 aromatic rings. The number of carbonyl (C=O) groups is 2. The topological polar surface area (TPSA) is 96.7 Å². The number of carbonyl (C=O) groups excluding carboxylic acids is 2. The predicted octanol–water partition coefficient (Wildman–Crippen LogP) is -0.326. The Balaban J connectivity index is 2.12. The number of halogens is 1. The molecule has 1 aliphatic rings. The third-order valence-electron chi connectivity index (χ3n) is 3.41. The molecule has 0 saturated carbocycles. The third kappa shape index (κ3) is 3.59. The number of nitrogens with one attached hydrogen (secondary N) is 2. The van der Waals surface area contributed by atoms with E-state index in [-0.39, 0.29) is 24.7 Å². The van der Waals surface area contributed by atoms with E-state index in [4.69, 9.17) is 10.5 Å². The van der Waals surface area contributed by atoms with Gasteiger partial charge in [0, 0.05) is 18.8 Å². The van der Waals surface area contributed by atoms with Crippen LogP contribution in [-0.4, -0.2) is 51.2 Å². The Bertz CT molecular complexity index is 563. The minimum atomic E-state index is -0.614. The van der Waals surface area contributed by atoms with Crippen LogP contribution in [0, 0.1) is 5.82 Å². The summed E-state index contributed by atoms with van der Waals surface area (Å²) < 4.78 is 19.2. The molecule has 1 heterocycles. The summed E-state index contributed by atoms with van der Waals surface area (Å²) in [6.45, 7) is 0.871. The van der Waals surface area contributed by atoms with Crippen molar-refractivity contribution in [3.05, 3.63) is 24.0 Å². The van der Waals surface area contributed by atoms with Gasteiger partial charge in [-0.3, -0.25) is 9.59 Å². The minimum Gasteiger partial charge on any atom is -0.370 e. The number of anilines is 2. The zero-order valence-corrected chi connectivity index (χ0v) is 12.3. The third-order valence-corrected chi connectivity index (χ3v) is 3.41. The first-order valence-corrected chi connectivity index (χ1v) is 6.92. The number of benzene rings is 1. The fraction of sp³-hybridized carbons (Fsp3) is 0.429. The van der Waals surface area contributed by atoms with Gasteiger partial charge in [-0.1, -0.05) is 0 Å². The summed E-state index contributed by atoms with van der Waals surface area (Å²) in [5, 5.41) is 5.20. The Morgan fingerprint density at radius 3 is 2.91 bits per heavy atom. The van der Waals surface area contributed by atoms with E-state index in [1.807, 2.05) is 0 Å². The molecule has 1 atom stereocenters. The second kappa shape index (κ2) is 7.30. The fourth-order valence-electron chi connectivity index (χ4n) is 2.14. The van der Waals surface area contributed by atoms with Crippen molar-refractivity contribution in [2.24, 2.45) is 5.73 Å². The van der Waals surface area contributed by atoms with Gasteiger partial charge in [0.2, 0.25) is 5.91 Å². The van der Waals surface area contributed by atoms with Gasteiger partial charge in [0.25, 0.3) is 5.91 Å². The number of nitrogens with zero attached hydrogens (tertiary/aromatic N) is 1. The number of ether oxygens (including phenoxy) is 1. The van der Waals surface area contributed by atoms with Crippen molar-refractivity contribution < 1.29 is 18.7 Å². The van der Waals surface area contributed by atoms with Crippen molar-refractivity contribution in [2.75, 3.05) is 43.6 Å². The van der Waals surface area contributed by atoms with Gasteiger partial charge in [-0.15, -0.1) is 0 Å². The van der Waals surface area contributed by atoms with Gasteiger partial charge >= 0.3 is 0 Å². The fourth-order valence-corrected chi connectivity index (χ4v) is 2.14. The lowest BCUT2D eigenvalue weighted by Crippen LogP contribution is -2.44. The molecule has 2 amide bonds. The second-order valence-electron chi connectivity index (χ2n) is 4.83. The van der Waals surface area contributed by atoms with Crippen LogP contribution >= 0.6 is 0 Å². The molecule has 0 radical (unpaired) electrons. The van der Waals surface area contributed by atoms with E-state index in [0.717, 1.165) is 0 Å². The molecule has 1 fully saturated rings. The first-order valence-electron chi connectivity index (χ1n) is 6.92. The van der Waals surface area contributed by atoms with E-state index in [0.29, 0.717) is 18.8 Å². The highest BCUT2D eigenvalue weighted by molar-refractivity contribution is 5.97. The number of likely N-dealkylation sites (N-methyl/N-ethyl adjacent to an activating group) is 1. The van der Waals surface area contributed by atoms with Gasteiger partial charge in [-0.05, 0) is 25.2 Å². The van der Waals surface area contributed by atoms with Gasteiger partial charge in [0.1, 0.15) is 12.4 Å². The molecule has 1 aromatic carbocycles. The molecule has 1 saturated heterocycles. The molecule has 0 aromatic heterocycles. The molecule has 2 rings (SSSR count). The molecule has 0 spiro atoms. The van der Waals surface area contributed by atoms with Crippen LogP contribution < -0.4 is 21.3 Å². The largest absolute Gasteiger partial charge is 0.370 e. The molecule has 0 bridgehead atoms. The summed E-state index contributed by atoms with van der Waals surface area (Å²) in [6.07, 6.45) is 0. The predicted molar refractivity (Wildman–Crippen MR) is 80.1 cm³/mol. The van der Waals surface area contributed by atoms with Crippen LogP contribution in [0.3, 0.4) is 0 Å². The van der Waals surface area contributed by atoms with Crippen molar-refractivity contribution in [3.63, 3.8) is 0 Å². The van der Waals surface area contributed by atoms with E-state index in [9.17, 15) is 14.0 Å². The lowest BCUT2D eigenvalue weighted by Gasteiger charge is -2.27. The van der Waals surface area contributed by atoms with Crippen molar-refractivity contribution in [1.82, 2.24) is 5.32 Å². The first kappa shape index (κ1) is 16.3. The summed E-state index contributed by atoms with van der Waals surface area (Å²) in [4.78, 5) is 25.0. The first-order chi connectivity index (χ1) is 10.6. The van der Waals surface area contributed by atoms with Crippen LogP contribution in [0.25, 0.3) is 0 Å². The van der Waals surface area contributed by atoms with Crippen molar-refractivity contribution in [1.29, 1.82) is 0 Å². The van der Waals surface area contributed by atoms with E-state index < -0.39 is 17.8 Å². The Hall–Kier alpha value is -2.03. The van der Waals surface area contributed by atoms with Gasteiger partial charge in [0.05, 0.1) is 18.3 Å². The summed E-state index contributed by atoms with van der Waals surface area (Å²) in [5.41, 5.74) is 5.92. The maximum atomic E-state index is 14.1. The van der Waals surface area contributed by atoms with Crippen LogP contribution in [0.5, 0.6) is 0 Å². The van der Waals surface area contributed by atoms with E-state index in [1.165, 1.54) is 17.0 Å². The zero-order valence-electron chi connectivity index (χ0n) is 12.3. The highest BCUT2D eigenvalue weighted by Crippen LogP contribution is 2.23. The van der Waals surface area contributed by atoms with Crippen LogP contribution in [0.4, 0.5) is 15.8 Å². The van der Waals surface area contributed by atoms with Crippen molar-refractivity contribution in [3.8, 4) is 0 Å². The Morgan fingerprint density at radius 2 is 2.32 bits per heavy atom. The summed E-state index contributed by atoms with van der Waals surface area (Å²) in [5.74, 6) is -1.25. The van der Waals surface area contributed by atoms with E-state index in [1.54, 1.807) is 13.1 Å². The number of amides is 2. The van der Waals surface area contributed by atoms with Crippen LogP contribution in [0.15, 0.2) is 18.2 Å². The van der Waals surface area contributed by atoms with Gasteiger partial charge < -0.3 is 26.0 Å². The molecular formula is C14H19FN4O3. The highest BCUT2D eigenvalue weighted by Gasteiger charge is 2.22.